The van der Waals surface area contributed by atoms with Gasteiger partial charge in [-0.3, -0.25) is 0 Å². The van der Waals surface area contributed by atoms with Crippen LogP contribution in [0.1, 0.15) is 44.6 Å². The lowest BCUT2D eigenvalue weighted by molar-refractivity contribution is 0.0724. The Labute approximate surface area is 117 Å². The first-order valence-corrected chi connectivity index (χ1v) is 8.01. The zero-order valence-corrected chi connectivity index (χ0v) is 12.2. The number of benzene rings is 1. The first-order chi connectivity index (χ1) is 9.26. The monoisotopic (exact) mass is 257 g/mol. The maximum absolute atomic E-state index is 3.62. The average Bonchev–Trinajstić information content (AvgIpc) is 2.39. The van der Waals surface area contributed by atoms with Crippen molar-refractivity contribution in [2.45, 2.75) is 45.4 Å². The number of hydrogen-bond donors (Lipinski definition) is 1. The molecule has 0 amide bonds. The van der Waals surface area contributed by atoms with Crippen LogP contribution in [0.2, 0.25) is 0 Å². The van der Waals surface area contributed by atoms with Crippen LogP contribution in [0.3, 0.4) is 0 Å². The van der Waals surface area contributed by atoms with Crippen LogP contribution in [0, 0.1) is 17.3 Å². The van der Waals surface area contributed by atoms with Crippen molar-refractivity contribution in [2.75, 3.05) is 13.1 Å². The van der Waals surface area contributed by atoms with E-state index in [4.69, 9.17) is 0 Å². The maximum Gasteiger partial charge on any atom is -0.00121 e. The quantitative estimate of drug-likeness (QED) is 0.858. The second-order valence-corrected chi connectivity index (χ2v) is 7.00. The van der Waals surface area contributed by atoms with E-state index in [1.54, 1.807) is 0 Å². The predicted molar refractivity (Wildman–Crippen MR) is 81.2 cm³/mol. The van der Waals surface area contributed by atoms with E-state index in [9.17, 15) is 0 Å². The number of piperidine rings is 1. The van der Waals surface area contributed by atoms with Crippen LogP contribution in [-0.4, -0.2) is 13.1 Å². The van der Waals surface area contributed by atoms with Gasteiger partial charge in [-0.05, 0) is 55.2 Å². The number of rotatable bonds is 4. The summed E-state index contributed by atoms with van der Waals surface area (Å²) in [5.74, 6) is 1.84. The molecule has 1 heteroatoms. The van der Waals surface area contributed by atoms with E-state index >= 15 is 0 Å². The summed E-state index contributed by atoms with van der Waals surface area (Å²) in [6.45, 7) is 4.98. The molecule has 2 fully saturated rings. The Morgan fingerprint density at radius 2 is 2.00 bits per heavy atom. The van der Waals surface area contributed by atoms with Gasteiger partial charge in [0.05, 0.1) is 0 Å². The third-order valence-corrected chi connectivity index (χ3v) is 5.55. The van der Waals surface area contributed by atoms with E-state index in [0.717, 1.165) is 11.8 Å². The topological polar surface area (TPSA) is 12.0 Å². The van der Waals surface area contributed by atoms with Gasteiger partial charge in [0.1, 0.15) is 0 Å². The van der Waals surface area contributed by atoms with Gasteiger partial charge < -0.3 is 5.32 Å². The Morgan fingerprint density at radius 3 is 2.68 bits per heavy atom. The molecule has 2 atom stereocenters. The van der Waals surface area contributed by atoms with Crippen molar-refractivity contribution < 1.29 is 0 Å². The zero-order chi connectivity index (χ0) is 13.1. The van der Waals surface area contributed by atoms with Gasteiger partial charge in [-0.25, -0.2) is 0 Å². The van der Waals surface area contributed by atoms with Gasteiger partial charge in [0.2, 0.25) is 0 Å². The van der Waals surface area contributed by atoms with Crippen LogP contribution in [-0.2, 0) is 6.42 Å². The fourth-order valence-electron chi connectivity index (χ4n) is 3.94. The molecule has 1 saturated carbocycles. The van der Waals surface area contributed by atoms with Crippen molar-refractivity contribution >= 4 is 0 Å². The first-order valence-electron chi connectivity index (χ1n) is 8.01. The Bertz CT molecular complexity index is 395. The molecular formula is C18H27N. The predicted octanol–water partition coefficient (Wildman–Crippen LogP) is 4.04. The van der Waals surface area contributed by atoms with Gasteiger partial charge in [0.25, 0.3) is 0 Å². The second-order valence-electron chi connectivity index (χ2n) is 7.00. The molecule has 2 unspecified atom stereocenters. The summed E-state index contributed by atoms with van der Waals surface area (Å²) in [4.78, 5) is 0. The highest BCUT2D eigenvalue weighted by molar-refractivity contribution is 5.16. The third kappa shape index (κ3) is 3.02. The van der Waals surface area contributed by atoms with E-state index in [1.165, 1.54) is 57.2 Å². The molecule has 1 saturated heterocycles. The van der Waals surface area contributed by atoms with E-state index in [2.05, 4.69) is 42.6 Å². The normalized spacial score (nSPS) is 31.9. The SMILES string of the molecule is CC1(CC2CCC2)CCNCC1Cc1ccccc1. The molecule has 19 heavy (non-hydrogen) atoms. The summed E-state index contributed by atoms with van der Waals surface area (Å²) in [7, 11) is 0. The van der Waals surface area contributed by atoms with Crippen molar-refractivity contribution in [1.82, 2.24) is 5.32 Å². The molecule has 0 radical (unpaired) electrons. The zero-order valence-electron chi connectivity index (χ0n) is 12.2. The highest BCUT2D eigenvalue weighted by atomic mass is 14.9. The number of nitrogens with one attached hydrogen (secondary N) is 1. The fraction of sp³-hybridized carbons (Fsp3) is 0.667. The molecule has 3 rings (SSSR count). The van der Waals surface area contributed by atoms with Crippen LogP contribution in [0.15, 0.2) is 30.3 Å². The first kappa shape index (κ1) is 13.2. The van der Waals surface area contributed by atoms with Crippen LogP contribution < -0.4 is 5.32 Å². The number of hydrogen-bond acceptors (Lipinski definition) is 1. The van der Waals surface area contributed by atoms with Gasteiger partial charge >= 0.3 is 0 Å². The molecule has 2 aliphatic rings. The highest BCUT2D eigenvalue weighted by Crippen LogP contribution is 2.45. The molecule has 1 aliphatic carbocycles. The van der Waals surface area contributed by atoms with Crippen LogP contribution in [0.5, 0.6) is 0 Å². The summed E-state index contributed by atoms with van der Waals surface area (Å²) in [6, 6.07) is 11.1. The molecule has 0 bridgehead atoms. The van der Waals surface area contributed by atoms with Gasteiger partial charge in [0.15, 0.2) is 0 Å². The summed E-state index contributed by atoms with van der Waals surface area (Å²) >= 11 is 0. The van der Waals surface area contributed by atoms with Crippen molar-refractivity contribution in [3.8, 4) is 0 Å². The van der Waals surface area contributed by atoms with E-state index in [0.29, 0.717) is 5.41 Å². The van der Waals surface area contributed by atoms with Crippen molar-refractivity contribution in [3.05, 3.63) is 35.9 Å². The van der Waals surface area contributed by atoms with Gasteiger partial charge in [-0.1, -0.05) is 56.5 Å². The molecule has 1 N–H and O–H groups in total. The van der Waals surface area contributed by atoms with E-state index in [-0.39, 0.29) is 0 Å². The van der Waals surface area contributed by atoms with E-state index in [1.807, 2.05) is 0 Å². The minimum absolute atomic E-state index is 0.562. The average molecular weight is 257 g/mol. The van der Waals surface area contributed by atoms with E-state index < -0.39 is 0 Å². The summed E-state index contributed by atoms with van der Waals surface area (Å²) in [5.41, 5.74) is 2.07. The molecule has 1 aromatic rings. The van der Waals surface area contributed by atoms with Gasteiger partial charge in [-0.15, -0.1) is 0 Å². The third-order valence-electron chi connectivity index (χ3n) is 5.55. The fourth-order valence-corrected chi connectivity index (χ4v) is 3.94. The lowest BCUT2D eigenvalue weighted by Gasteiger charge is -2.46. The minimum Gasteiger partial charge on any atom is -0.316 e. The smallest absolute Gasteiger partial charge is 0.00121 e. The Morgan fingerprint density at radius 1 is 1.21 bits per heavy atom. The Hall–Kier alpha value is -0.820. The summed E-state index contributed by atoms with van der Waals surface area (Å²) < 4.78 is 0. The van der Waals surface area contributed by atoms with Crippen molar-refractivity contribution in [2.24, 2.45) is 17.3 Å². The van der Waals surface area contributed by atoms with Gasteiger partial charge in [-0.2, -0.15) is 0 Å². The lowest BCUT2D eigenvalue weighted by atomic mass is 9.62. The molecule has 1 aliphatic heterocycles. The summed E-state index contributed by atoms with van der Waals surface area (Å²) in [5, 5.41) is 3.62. The Balaban J connectivity index is 1.69. The maximum atomic E-state index is 3.62. The second kappa shape index (κ2) is 5.66. The van der Waals surface area contributed by atoms with Crippen LogP contribution >= 0.6 is 0 Å². The summed E-state index contributed by atoms with van der Waals surface area (Å²) in [6.07, 6.45) is 8.52. The highest BCUT2D eigenvalue weighted by Gasteiger charge is 2.39. The molecule has 1 aromatic carbocycles. The van der Waals surface area contributed by atoms with Gasteiger partial charge in [0, 0.05) is 0 Å². The molecule has 0 spiro atoms. The standard InChI is InChI=1S/C18H27N/c1-18(13-16-8-5-9-16)10-11-19-14-17(18)12-15-6-3-2-4-7-15/h2-4,6-7,16-17,19H,5,8-14H2,1H3. The van der Waals surface area contributed by atoms with Crippen molar-refractivity contribution in [3.63, 3.8) is 0 Å². The molecular weight excluding hydrogens is 230 g/mol. The van der Waals surface area contributed by atoms with Crippen molar-refractivity contribution in [1.29, 1.82) is 0 Å². The molecule has 0 aromatic heterocycles. The van der Waals surface area contributed by atoms with Crippen LogP contribution in [0.4, 0.5) is 0 Å². The minimum atomic E-state index is 0.562. The Kier molecular flexibility index (Phi) is 3.93. The molecule has 1 heterocycles. The largest absolute Gasteiger partial charge is 0.316 e. The van der Waals surface area contributed by atoms with Crippen LogP contribution in [0.25, 0.3) is 0 Å². The molecule has 104 valence electrons. The molecule has 1 nitrogen and oxygen atoms in total. The lowest BCUT2D eigenvalue weighted by Crippen LogP contribution is -2.45.